The first-order valence-corrected chi connectivity index (χ1v) is 9.86. The van der Waals surface area contributed by atoms with E-state index in [4.69, 9.17) is 20.8 Å². The zero-order chi connectivity index (χ0) is 21.5. The minimum absolute atomic E-state index is 0.0159. The van der Waals surface area contributed by atoms with Crippen molar-refractivity contribution in [3.63, 3.8) is 0 Å². The lowest BCUT2D eigenvalue weighted by molar-refractivity contribution is -0.152. The summed E-state index contributed by atoms with van der Waals surface area (Å²) in [6.07, 6.45) is -3.19. The Labute approximate surface area is 174 Å². The first-order valence-electron chi connectivity index (χ1n) is 9.48. The predicted octanol–water partition coefficient (Wildman–Crippen LogP) is 5.81. The van der Waals surface area contributed by atoms with Crippen LogP contribution < -0.4 is 5.43 Å². The Hall–Kier alpha value is -2.51. The zero-order valence-electron chi connectivity index (χ0n) is 15.8. The Balaban J connectivity index is 1.97. The molecule has 0 atom stereocenters. The second-order valence-corrected chi connectivity index (χ2v) is 7.78. The zero-order valence-corrected chi connectivity index (χ0v) is 16.5. The van der Waals surface area contributed by atoms with E-state index in [-0.39, 0.29) is 38.8 Å². The Morgan fingerprint density at radius 2 is 1.87 bits per heavy atom. The number of phenolic OH excluding ortho intramolecular Hbond substituents is 1. The highest BCUT2D eigenvalue weighted by Crippen LogP contribution is 2.40. The number of fused-ring (bicyclic) bond motifs is 1. The molecule has 0 radical (unpaired) electrons. The molecule has 1 aromatic heterocycles. The van der Waals surface area contributed by atoms with Crippen LogP contribution in [0, 0.1) is 5.92 Å². The van der Waals surface area contributed by atoms with Crippen molar-refractivity contribution in [2.75, 3.05) is 13.2 Å². The summed E-state index contributed by atoms with van der Waals surface area (Å²) in [4.78, 5) is 13.2. The summed E-state index contributed by atoms with van der Waals surface area (Å²) in [5.74, 6) is -1.48. The molecule has 1 fully saturated rings. The topological polar surface area (TPSA) is 59.7 Å². The monoisotopic (exact) mass is 438 g/mol. The average Bonchev–Trinajstić information content (AvgIpc) is 2.70. The van der Waals surface area contributed by atoms with Crippen LogP contribution in [0.25, 0.3) is 22.1 Å². The van der Waals surface area contributed by atoms with Crippen molar-refractivity contribution < 1.29 is 27.4 Å². The van der Waals surface area contributed by atoms with Gasteiger partial charge in [0, 0.05) is 23.8 Å². The summed E-state index contributed by atoms with van der Waals surface area (Å²) in [6.45, 7) is 1.10. The molecular weight excluding hydrogens is 421 g/mol. The van der Waals surface area contributed by atoms with Crippen molar-refractivity contribution in [3.8, 4) is 16.9 Å². The standard InChI is InChI=1S/C22H18ClF3O4/c23-14-3-1-2-13(11-14)18-19(28)15-4-5-17(27)16(10-12-6-8-29-9-7-12)20(15)30-21(18)22(24,25)26/h1-5,11-12,27H,6-10H2. The predicted molar refractivity (Wildman–Crippen MR) is 107 cm³/mol. The van der Waals surface area contributed by atoms with Crippen LogP contribution in [0.3, 0.4) is 0 Å². The van der Waals surface area contributed by atoms with Crippen molar-refractivity contribution >= 4 is 22.6 Å². The lowest BCUT2D eigenvalue weighted by Gasteiger charge is -2.23. The number of benzene rings is 2. The third kappa shape index (κ3) is 3.91. The summed E-state index contributed by atoms with van der Waals surface area (Å²) < 4.78 is 52.3. The van der Waals surface area contributed by atoms with Crippen LogP contribution in [0.1, 0.15) is 24.2 Å². The molecule has 1 N–H and O–H groups in total. The van der Waals surface area contributed by atoms with Gasteiger partial charge in [-0.3, -0.25) is 4.79 Å². The highest BCUT2D eigenvalue weighted by Gasteiger charge is 2.40. The molecule has 30 heavy (non-hydrogen) atoms. The maximum absolute atomic E-state index is 13.9. The minimum Gasteiger partial charge on any atom is -0.508 e. The van der Waals surface area contributed by atoms with E-state index in [1.807, 2.05) is 0 Å². The Morgan fingerprint density at radius 1 is 1.13 bits per heavy atom. The molecule has 1 aliphatic heterocycles. The maximum Gasteiger partial charge on any atom is 0.450 e. The van der Waals surface area contributed by atoms with Crippen molar-refractivity contribution in [2.24, 2.45) is 5.92 Å². The van der Waals surface area contributed by atoms with Gasteiger partial charge in [-0.25, -0.2) is 0 Å². The van der Waals surface area contributed by atoms with E-state index in [0.29, 0.717) is 32.5 Å². The molecule has 158 valence electrons. The molecule has 2 heterocycles. The number of aromatic hydroxyl groups is 1. The normalized spacial score (nSPS) is 15.6. The fourth-order valence-electron chi connectivity index (χ4n) is 3.85. The highest BCUT2D eigenvalue weighted by molar-refractivity contribution is 6.30. The van der Waals surface area contributed by atoms with Crippen molar-refractivity contribution in [1.82, 2.24) is 0 Å². The van der Waals surface area contributed by atoms with E-state index in [2.05, 4.69) is 0 Å². The fraction of sp³-hybridized carbons (Fsp3) is 0.318. The van der Waals surface area contributed by atoms with Crippen molar-refractivity contribution in [1.29, 1.82) is 0 Å². The molecule has 0 bridgehead atoms. The first-order chi connectivity index (χ1) is 14.3. The molecule has 4 rings (SSSR count). The van der Waals surface area contributed by atoms with Crippen LogP contribution in [-0.2, 0) is 17.3 Å². The molecule has 0 unspecified atom stereocenters. The van der Waals surface area contributed by atoms with Crippen molar-refractivity contribution in [2.45, 2.75) is 25.4 Å². The number of halogens is 4. The van der Waals surface area contributed by atoms with Gasteiger partial charge >= 0.3 is 6.18 Å². The van der Waals surface area contributed by atoms with Gasteiger partial charge < -0.3 is 14.3 Å². The Kier molecular flexibility index (Phi) is 5.51. The van der Waals surface area contributed by atoms with E-state index in [1.165, 1.54) is 36.4 Å². The Morgan fingerprint density at radius 3 is 2.53 bits per heavy atom. The summed E-state index contributed by atoms with van der Waals surface area (Å²) in [5, 5.41) is 10.5. The average molecular weight is 439 g/mol. The van der Waals surface area contributed by atoms with Gasteiger partial charge in [0.25, 0.3) is 0 Å². The number of phenols is 1. The van der Waals surface area contributed by atoms with Gasteiger partial charge in [0.15, 0.2) is 0 Å². The molecule has 8 heteroatoms. The molecule has 0 saturated carbocycles. The highest BCUT2D eigenvalue weighted by atomic mass is 35.5. The van der Waals surface area contributed by atoms with Crippen LogP contribution in [0.5, 0.6) is 5.75 Å². The number of ether oxygens (including phenoxy) is 1. The molecular formula is C22H18ClF3O4. The molecule has 2 aromatic carbocycles. The summed E-state index contributed by atoms with van der Waals surface area (Å²) in [6, 6.07) is 8.25. The van der Waals surface area contributed by atoms with E-state index in [0.717, 1.165) is 0 Å². The number of hydrogen-bond acceptors (Lipinski definition) is 4. The molecule has 4 nitrogen and oxygen atoms in total. The van der Waals surface area contributed by atoms with Gasteiger partial charge in [-0.1, -0.05) is 23.7 Å². The third-order valence-electron chi connectivity index (χ3n) is 5.34. The molecule has 0 aliphatic carbocycles. The number of hydrogen-bond donors (Lipinski definition) is 1. The van der Waals surface area contributed by atoms with Gasteiger partial charge in [-0.2, -0.15) is 13.2 Å². The van der Waals surface area contributed by atoms with E-state index >= 15 is 0 Å². The van der Waals surface area contributed by atoms with Crippen molar-refractivity contribution in [3.05, 3.63) is 63.0 Å². The second-order valence-electron chi connectivity index (χ2n) is 7.34. The quantitative estimate of drug-likeness (QED) is 0.561. The van der Waals surface area contributed by atoms with Crippen LogP contribution in [-0.4, -0.2) is 18.3 Å². The molecule has 0 amide bonds. The first kappa shape index (κ1) is 20.8. The smallest absolute Gasteiger partial charge is 0.450 e. The van der Waals surface area contributed by atoms with E-state index in [1.54, 1.807) is 0 Å². The van der Waals surface area contributed by atoms with Crippen LogP contribution in [0.4, 0.5) is 13.2 Å². The summed E-state index contributed by atoms with van der Waals surface area (Å²) in [5.41, 5.74) is -1.42. The van der Waals surface area contributed by atoms with Gasteiger partial charge in [-0.15, -0.1) is 0 Å². The SMILES string of the molecule is O=c1c(-c2cccc(Cl)c2)c(C(F)(F)F)oc2c(CC3CCOCC3)c(O)ccc12. The lowest BCUT2D eigenvalue weighted by Crippen LogP contribution is -2.19. The third-order valence-corrected chi connectivity index (χ3v) is 5.58. The van der Waals surface area contributed by atoms with Gasteiger partial charge in [-0.05, 0) is 55.0 Å². The summed E-state index contributed by atoms with van der Waals surface area (Å²) in [7, 11) is 0. The largest absolute Gasteiger partial charge is 0.508 e. The number of alkyl halides is 3. The minimum atomic E-state index is -4.91. The second kappa shape index (κ2) is 7.96. The lowest BCUT2D eigenvalue weighted by atomic mass is 9.90. The van der Waals surface area contributed by atoms with Gasteiger partial charge in [0.1, 0.15) is 11.3 Å². The van der Waals surface area contributed by atoms with Crippen LogP contribution >= 0.6 is 11.6 Å². The molecule has 1 saturated heterocycles. The summed E-state index contributed by atoms with van der Waals surface area (Å²) >= 11 is 5.93. The van der Waals surface area contributed by atoms with E-state index in [9.17, 15) is 23.1 Å². The number of rotatable bonds is 3. The van der Waals surface area contributed by atoms with Gasteiger partial charge in [0.2, 0.25) is 11.2 Å². The fourth-order valence-corrected chi connectivity index (χ4v) is 4.04. The Bertz CT molecular complexity index is 1150. The molecule has 1 aliphatic rings. The molecule has 0 spiro atoms. The van der Waals surface area contributed by atoms with Crippen LogP contribution in [0.2, 0.25) is 5.02 Å². The van der Waals surface area contributed by atoms with Gasteiger partial charge in [0.05, 0.1) is 10.9 Å². The maximum atomic E-state index is 13.9. The molecule has 3 aromatic rings. The van der Waals surface area contributed by atoms with E-state index < -0.39 is 22.9 Å². The van der Waals surface area contributed by atoms with Crippen LogP contribution in [0.15, 0.2) is 45.6 Å².